The predicted octanol–water partition coefficient (Wildman–Crippen LogP) is 2.22. The molecule has 21 heavy (non-hydrogen) atoms. The number of likely N-dealkylation sites (tertiary alicyclic amines) is 2. The highest BCUT2D eigenvalue weighted by atomic mass is 32.1. The molecular weight excluding hydrogens is 284 g/mol. The fourth-order valence-corrected chi connectivity index (χ4v) is 4.60. The minimum atomic E-state index is -0.0466. The lowest BCUT2D eigenvalue weighted by Crippen LogP contribution is -2.63. The largest absolute Gasteiger partial charge is 0.370 e. The third kappa shape index (κ3) is 2.51. The molecule has 0 N–H and O–H groups in total. The number of nitrogens with zero attached hydrogens (tertiary/aromatic N) is 2. The fourth-order valence-electron chi connectivity index (χ4n) is 3.91. The van der Waals surface area contributed by atoms with Gasteiger partial charge in [-0.05, 0) is 43.8 Å². The highest BCUT2D eigenvalue weighted by Crippen LogP contribution is 2.38. The summed E-state index contributed by atoms with van der Waals surface area (Å²) in [6.45, 7) is 4.84. The smallest absolute Gasteiger partial charge is 0.264 e. The van der Waals surface area contributed by atoms with Crippen molar-refractivity contribution in [1.82, 2.24) is 9.80 Å². The van der Waals surface area contributed by atoms with Gasteiger partial charge in [-0.15, -0.1) is 11.3 Å². The SMILES string of the molecule is O=C(c1cccs1)N1CC2(CC(N3CCCCC3)CO2)C1. The van der Waals surface area contributed by atoms with Gasteiger partial charge in [-0.3, -0.25) is 9.69 Å². The van der Waals surface area contributed by atoms with Crippen molar-refractivity contribution in [3.05, 3.63) is 22.4 Å². The van der Waals surface area contributed by atoms with E-state index < -0.39 is 0 Å². The van der Waals surface area contributed by atoms with Crippen LogP contribution in [0, 0.1) is 0 Å². The molecule has 1 spiro atoms. The fraction of sp³-hybridized carbons (Fsp3) is 0.688. The van der Waals surface area contributed by atoms with Crippen molar-refractivity contribution in [3.63, 3.8) is 0 Å². The average Bonchev–Trinajstić information content (AvgIpc) is 3.15. The van der Waals surface area contributed by atoms with Crippen molar-refractivity contribution in [3.8, 4) is 0 Å². The van der Waals surface area contributed by atoms with Crippen molar-refractivity contribution >= 4 is 17.2 Å². The van der Waals surface area contributed by atoms with E-state index in [4.69, 9.17) is 4.74 Å². The van der Waals surface area contributed by atoms with Crippen molar-refractivity contribution in [2.24, 2.45) is 0 Å². The van der Waals surface area contributed by atoms with Gasteiger partial charge in [0.25, 0.3) is 5.91 Å². The van der Waals surface area contributed by atoms with Crippen LogP contribution in [0.25, 0.3) is 0 Å². The molecule has 0 saturated carbocycles. The van der Waals surface area contributed by atoms with E-state index in [1.807, 2.05) is 22.4 Å². The number of piperidine rings is 1. The van der Waals surface area contributed by atoms with Crippen molar-refractivity contribution in [2.75, 3.05) is 32.8 Å². The van der Waals surface area contributed by atoms with Crippen LogP contribution in [0.1, 0.15) is 35.4 Å². The van der Waals surface area contributed by atoms with Gasteiger partial charge in [0.15, 0.2) is 0 Å². The molecule has 4 heterocycles. The third-order valence-corrected chi connectivity index (χ3v) is 5.93. The first-order chi connectivity index (χ1) is 10.3. The summed E-state index contributed by atoms with van der Waals surface area (Å²) in [5.41, 5.74) is -0.0466. The molecule has 4 nitrogen and oxygen atoms in total. The Hall–Kier alpha value is -0.910. The number of amides is 1. The molecule has 3 aliphatic rings. The molecule has 1 atom stereocenters. The average molecular weight is 306 g/mol. The van der Waals surface area contributed by atoms with E-state index in [0.717, 1.165) is 31.0 Å². The zero-order valence-corrected chi connectivity index (χ0v) is 13.1. The molecule has 1 aromatic rings. The molecule has 0 radical (unpaired) electrons. The second-order valence-electron chi connectivity index (χ2n) is 6.59. The van der Waals surface area contributed by atoms with Gasteiger partial charge in [0, 0.05) is 6.04 Å². The van der Waals surface area contributed by atoms with Gasteiger partial charge in [-0.1, -0.05) is 12.5 Å². The Morgan fingerprint density at radius 2 is 2.10 bits per heavy atom. The first-order valence-corrected chi connectivity index (χ1v) is 8.85. The van der Waals surface area contributed by atoms with Crippen LogP contribution in [0.5, 0.6) is 0 Å². The lowest BCUT2D eigenvalue weighted by Gasteiger charge is -2.47. The van der Waals surface area contributed by atoms with Crippen LogP contribution in [0.3, 0.4) is 0 Å². The summed E-state index contributed by atoms with van der Waals surface area (Å²) in [5, 5.41) is 1.96. The quantitative estimate of drug-likeness (QED) is 0.840. The van der Waals surface area contributed by atoms with E-state index in [9.17, 15) is 4.79 Å². The molecule has 1 unspecified atom stereocenters. The number of carbonyl (C=O) groups excluding carboxylic acids is 1. The summed E-state index contributed by atoms with van der Waals surface area (Å²) in [4.78, 5) is 17.7. The monoisotopic (exact) mass is 306 g/mol. The Kier molecular flexibility index (Phi) is 3.52. The minimum Gasteiger partial charge on any atom is -0.370 e. The van der Waals surface area contributed by atoms with Gasteiger partial charge in [0.05, 0.1) is 24.6 Å². The molecule has 3 aliphatic heterocycles. The van der Waals surface area contributed by atoms with E-state index in [2.05, 4.69) is 4.90 Å². The Morgan fingerprint density at radius 1 is 1.29 bits per heavy atom. The minimum absolute atomic E-state index is 0.0466. The number of hydrogen-bond acceptors (Lipinski definition) is 4. The maximum Gasteiger partial charge on any atom is 0.264 e. The molecular formula is C16H22N2O2S. The van der Waals surface area contributed by atoms with E-state index in [-0.39, 0.29) is 11.5 Å². The number of ether oxygens (including phenoxy) is 1. The van der Waals surface area contributed by atoms with Gasteiger partial charge < -0.3 is 9.64 Å². The summed E-state index contributed by atoms with van der Waals surface area (Å²) < 4.78 is 6.11. The first-order valence-electron chi connectivity index (χ1n) is 7.97. The molecule has 1 amide bonds. The van der Waals surface area contributed by atoms with Crippen molar-refractivity contribution in [1.29, 1.82) is 0 Å². The normalized spacial score (nSPS) is 28.8. The molecule has 5 heteroatoms. The maximum absolute atomic E-state index is 12.3. The van der Waals surface area contributed by atoms with E-state index in [1.165, 1.54) is 43.7 Å². The Morgan fingerprint density at radius 3 is 2.81 bits per heavy atom. The van der Waals surface area contributed by atoms with Gasteiger partial charge in [0.1, 0.15) is 5.60 Å². The van der Waals surface area contributed by atoms with Crippen molar-refractivity contribution in [2.45, 2.75) is 37.3 Å². The third-order valence-electron chi connectivity index (χ3n) is 5.07. The highest BCUT2D eigenvalue weighted by molar-refractivity contribution is 7.12. The second-order valence-corrected chi connectivity index (χ2v) is 7.53. The Bertz CT molecular complexity index is 504. The van der Waals surface area contributed by atoms with Gasteiger partial charge >= 0.3 is 0 Å². The second kappa shape index (κ2) is 5.38. The lowest BCUT2D eigenvalue weighted by molar-refractivity contribution is -0.0949. The van der Waals surface area contributed by atoms with Crippen LogP contribution in [-0.2, 0) is 4.74 Å². The van der Waals surface area contributed by atoms with Crippen LogP contribution >= 0.6 is 11.3 Å². The summed E-state index contributed by atoms with van der Waals surface area (Å²) in [5.74, 6) is 0.167. The van der Waals surface area contributed by atoms with Crippen LogP contribution in [0.2, 0.25) is 0 Å². The topological polar surface area (TPSA) is 32.8 Å². The van der Waals surface area contributed by atoms with E-state index in [1.54, 1.807) is 0 Å². The number of hydrogen-bond donors (Lipinski definition) is 0. The van der Waals surface area contributed by atoms with Crippen LogP contribution in [-0.4, -0.2) is 60.1 Å². The molecule has 0 bridgehead atoms. The standard InChI is InChI=1S/C16H22N2O2S/c19-15(14-5-4-8-21-14)18-11-16(12-18)9-13(10-20-16)17-6-2-1-3-7-17/h4-5,8,13H,1-3,6-7,9-12H2. The molecule has 0 aliphatic carbocycles. The zero-order valence-electron chi connectivity index (χ0n) is 12.3. The van der Waals surface area contributed by atoms with Gasteiger partial charge in [-0.2, -0.15) is 0 Å². The summed E-state index contributed by atoms with van der Waals surface area (Å²) >= 11 is 1.52. The molecule has 114 valence electrons. The zero-order chi connectivity index (χ0) is 14.3. The number of thiophene rings is 1. The summed E-state index contributed by atoms with van der Waals surface area (Å²) in [7, 11) is 0. The van der Waals surface area contributed by atoms with Crippen molar-refractivity contribution < 1.29 is 9.53 Å². The molecule has 1 aromatic heterocycles. The number of rotatable bonds is 2. The van der Waals surface area contributed by atoms with Crippen LogP contribution in [0.4, 0.5) is 0 Å². The highest BCUT2D eigenvalue weighted by Gasteiger charge is 2.52. The predicted molar refractivity (Wildman–Crippen MR) is 82.7 cm³/mol. The van der Waals surface area contributed by atoms with Gasteiger partial charge in [0.2, 0.25) is 0 Å². The summed E-state index contributed by atoms with van der Waals surface area (Å²) in [6.07, 6.45) is 5.12. The van der Waals surface area contributed by atoms with E-state index in [0.29, 0.717) is 6.04 Å². The van der Waals surface area contributed by atoms with Gasteiger partial charge in [-0.25, -0.2) is 0 Å². The van der Waals surface area contributed by atoms with Crippen LogP contribution in [0.15, 0.2) is 17.5 Å². The lowest BCUT2D eigenvalue weighted by atomic mass is 9.88. The van der Waals surface area contributed by atoms with Crippen LogP contribution < -0.4 is 0 Å². The molecule has 4 rings (SSSR count). The Labute approximate surface area is 129 Å². The maximum atomic E-state index is 12.3. The molecule has 3 saturated heterocycles. The number of carbonyl (C=O) groups is 1. The Balaban J connectivity index is 1.33. The molecule has 0 aromatic carbocycles. The summed E-state index contributed by atoms with van der Waals surface area (Å²) in [6, 6.07) is 4.42. The van der Waals surface area contributed by atoms with E-state index >= 15 is 0 Å². The first kappa shape index (κ1) is 13.7. The molecule has 3 fully saturated rings.